The van der Waals surface area contributed by atoms with Gasteiger partial charge in [-0.25, -0.2) is 4.39 Å². The van der Waals surface area contributed by atoms with E-state index >= 15 is 0 Å². The predicted molar refractivity (Wildman–Crippen MR) is 84.0 cm³/mol. The van der Waals surface area contributed by atoms with Crippen molar-refractivity contribution < 1.29 is 9.13 Å². The molecule has 1 aromatic carbocycles. The molecule has 20 heavy (non-hydrogen) atoms. The normalized spacial score (nSPS) is 22.8. The summed E-state index contributed by atoms with van der Waals surface area (Å²) in [6.07, 6.45) is 5.18. The molecular formula is C15H20BrClFNO. The van der Waals surface area contributed by atoms with Gasteiger partial charge < -0.3 is 10.1 Å². The Morgan fingerprint density at radius 1 is 1.40 bits per heavy atom. The van der Waals surface area contributed by atoms with Crippen LogP contribution in [0.4, 0.5) is 4.39 Å². The first-order valence-corrected chi connectivity index (χ1v) is 8.25. The molecular weight excluding hydrogens is 345 g/mol. The standard InChI is InChI=1S/C15H20BrClFNO/c1-10-4-2-3-5-14(10)19-6-7-20-15-9-13(18)12(17)8-11(15)16/h8-10,14,19H,2-7H2,1H3. The average Bonchev–Trinajstić information content (AvgIpc) is 2.42. The Morgan fingerprint density at radius 3 is 2.90 bits per heavy atom. The summed E-state index contributed by atoms with van der Waals surface area (Å²) in [5, 5.41) is 3.62. The fourth-order valence-electron chi connectivity index (χ4n) is 2.64. The maximum absolute atomic E-state index is 13.4. The van der Waals surface area contributed by atoms with E-state index in [0.29, 0.717) is 22.9 Å². The zero-order valence-electron chi connectivity index (χ0n) is 11.6. The molecule has 1 N–H and O–H groups in total. The van der Waals surface area contributed by atoms with Gasteiger partial charge in [0.05, 0.1) is 9.50 Å². The summed E-state index contributed by atoms with van der Waals surface area (Å²) in [6, 6.07) is 3.41. The zero-order valence-corrected chi connectivity index (χ0v) is 13.9. The van der Waals surface area contributed by atoms with Crippen LogP contribution in [0.15, 0.2) is 16.6 Å². The van der Waals surface area contributed by atoms with Crippen molar-refractivity contribution in [3.8, 4) is 5.75 Å². The third kappa shape index (κ3) is 4.34. The van der Waals surface area contributed by atoms with Crippen LogP contribution in [0.5, 0.6) is 5.75 Å². The maximum atomic E-state index is 13.4. The van der Waals surface area contributed by atoms with Crippen molar-refractivity contribution in [2.45, 2.75) is 38.6 Å². The monoisotopic (exact) mass is 363 g/mol. The van der Waals surface area contributed by atoms with Gasteiger partial charge in [-0.05, 0) is 40.8 Å². The minimum absolute atomic E-state index is 0.0957. The van der Waals surface area contributed by atoms with E-state index < -0.39 is 5.82 Å². The van der Waals surface area contributed by atoms with Gasteiger partial charge in [0, 0.05) is 18.7 Å². The van der Waals surface area contributed by atoms with E-state index in [1.807, 2.05) is 0 Å². The second kappa shape index (κ2) is 7.62. The van der Waals surface area contributed by atoms with Crippen LogP contribution in [-0.4, -0.2) is 19.2 Å². The summed E-state index contributed by atoms with van der Waals surface area (Å²) in [4.78, 5) is 0. The fraction of sp³-hybridized carbons (Fsp3) is 0.600. The van der Waals surface area contributed by atoms with E-state index in [1.165, 1.54) is 37.8 Å². The van der Waals surface area contributed by atoms with E-state index in [2.05, 4.69) is 28.2 Å². The quantitative estimate of drug-likeness (QED) is 0.599. The number of benzene rings is 1. The van der Waals surface area contributed by atoms with Gasteiger partial charge in [-0.2, -0.15) is 0 Å². The lowest BCUT2D eigenvalue weighted by molar-refractivity contribution is 0.250. The fourth-order valence-corrected chi connectivity index (χ4v) is 3.39. The molecule has 2 atom stereocenters. The van der Waals surface area contributed by atoms with Crippen LogP contribution >= 0.6 is 27.5 Å². The van der Waals surface area contributed by atoms with E-state index in [9.17, 15) is 4.39 Å². The van der Waals surface area contributed by atoms with E-state index in [4.69, 9.17) is 16.3 Å². The Morgan fingerprint density at radius 2 is 2.15 bits per heavy atom. The second-order valence-corrected chi connectivity index (χ2v) is 6.63. The molecule has 2 rings (SSSR count). The smallest absolute Gasteiger partial charge is 0.145 e. The molecule has 0 heterocycles. The molecule has 0 aliphatic heterocycles. The van der Waals surface area contributed by atoms with E-state index in [-0.39, 0.29) is 5.02 Å². The number of hydrogen-bond donors (Lipinski definition) is 1. The third-order valence-electron chi connectivity index (χ3n) is 3.85. The van der Waals surface area contributed by atoms with Gasteiger partial charge in [0.15, 0.2) is 0 Å². The summed E-state index contributed by atoms with van der Waals surface area (Å²) in [7, 11) is 0. The molecule has 1 aliphatic rings. The first kappa shape index (κ1) is 16.1. The third-order valence-corrected chi connectivity index (χ3v) is 4.76. The highest BCUT2D eigenvalue weighted by atomic mass is 79.9. The van der Waals surface area contributed by atoms with Crippen LogP contribution in [0.1, 0.15) is 32.6 Å². The van der Waals surface area contributed by atoms with Gasteiger partial charge in [-0.15, -0.1) is 0 Å². The molecule has 0 bridgehead atoms. The second-order valence-electron chi connectivity index (χ2n) is 5.37. The zero-order chi connectivity index (χ0) is 14.5. The molecule has 0 aromatic heterocycles. The maximum Gasteiger partial charge on any atom is 0.145 e. The van der Waals surface area contributed by atoms with Gasteiger partial charge in [0.25, 0.3) is 0 Å². The Balaban J connectivity index is 1.77. The van der Waals surface area contributed by atoms with Crippen LogP contribution < -0.4 is 10.1 Å². The van der Waals surface area contributed by atoms with Gasteiger partial charge in [-0.3, -0.25) is 0 Å². The number of hydrogen-bond acceptors (Lipinski definition) is 2. The van der Waals surface area contributed by atoms with Crippen molar-refractivity contribution in [1.82, 2.24) is 5.32 Å². The highest BCUT2D eigenvalue weighted by Gasteiger charge is 2.20. The van der Waals surface area contributed by atoms with Gasteiger partial charge in [0.2, 0.25) is 0 Å². The molecule has 1 fully saturated rings. The van der Waals surface area contributed by atoms with Crippen LogP contribution in [0, 0.1) is 11.7 Å². The van der Waals surface area contributed by atoms with Crippen molar-refractivity contribution in [3.63, 3.8) is 0 Å². The molecule has 0 radical (unpaired) electrons. The SMILES string of the molecule is CC1CCCCC1NCCOc1cc(F)c(Cl)cc1Br. The lowest BCUT2D eigenvalue weighted by Gasteiger charge is -2.29. The largest absolute Gasteiger partial charge is 0.491 e. The topological polar surface area (TPSA) is 21.3 Å². The number of rotatable bonds is 5. The Hall–Kier alpha value is -0.320. The van der Waals surface area contributed by atoms with Crippen LogP contribution in [0.25, 0.3) is 0 Å². The van der Waals surface area contributed by atoms with Gasteiger partial charge in [-0.1, -0.05) is 31.4 Å². The minimum atomic E-state index is -0.460. The van der Waals surface area contributed by atoms with E-state index in [0.717, 1.165) is 12.5 Å². The highest BCUT2D eigenvalue weighted by Crippen LogP contribution is 2.30. The molecule has 1 aliphatic carbocycles. The van der Waals surface area contributed by atoms with Crippen LogP contribution in [0.3, 0.4) is 0 Å². The predicted octanol–water partition coefficient (Wildman–Crippen LogP) is 4.79. The van der Waals surface area contributed by atoms with Crippen LogP contribution in [-0.2, 0) is 0 Å². The van der Waals surface area contributed by atoms with Crippen LogP contribution in [0.2, 0.25) is 5.02 Å². The summed E-state index contributed by atoms with van der Waals surface area (Å²) < 4.78 is 19.6. The highest BCUT2D eigenvalue weighted by molar-refractivity contribution is 9.10. The molecule has 0 amide bonds. The number of halogens is 3. The Bertz CT molecular complexity index is 458. The summed E-state index contributed by atoms with van der Waals surface area (Å²) >= 11 is 9.01. The Kier molecular flexibility index (Phi) is 6.12. The molecule has 112 valence electrons. The summed E-state index contributed by atoms with van der Waals surface area (Å²) in [5.74, 6) is 0.757. The molecule has 5 heteroatoms. The first-order chi connectivity index (χ1) is 9.58. The molecule has 2 nitrogen and oxygen atoms in total. The Labute approximate surface area is 133 Å². The first-order valence-electron chi connectivity index (χ1n) is 7.08. The number of nitrogens with one attached hydrogen (secondary N) is 1. The minimum Gasteiger partial charge on any atom is -0.491 e. The summed E-state index contributed by atoms with van der Waals surface area (Å²) in [6.45, 7) is 3.58. The van der Waals surface area contributed by atoms with Crippen molar-refractivity contribution in [2.24, 2.45) is 5.92 Å². The van der Waals surface area contributed by atoms with E-state index in [1.54, 1.807) is 0 Å². The molecule has 0 spiro atoms. The van der Waals surface area contributed by atoms with Crippen molar-refractivity contribution in [2.75, 3.05) is 13.2 Å². The van der Waals surface area contributed by atoms with Crippen molar-refractivity contribution in [3.05, 3.63) is 27.4 Å². The summed E-state index contributed by atoms with van der Waals surface area (Å²) in [5.41, 5.74) is 0. The lowest BCUT2D eigenvalue weighted by atomic mass is 9.86. The molecule has 1 saturated carbocycles. The van der Waals surface area contributed by atoms with Crippen molar-refractivity contribution in [1.29, 1.82) is 0 Å². The lowest BCUT2D eigenvalue weighted by Crippen LogP contribution is -2.39. The average molecular weight is 365 g/mol. The van der Waals surface area contributed by atoms with Gasteiger partial charge >= 0.3 is 0 Å². The molecule has 2 unspecified atom stereocenters. The molecule has 1 aromatic rings. The number of ether oxygens (including phenoxy) is 1. The molecule has 0 saturated heterocycles. The van der Waals surface area contributed by atoms with Crippen molar-refractivity contribution >= 4 is 27.5 Å². The van der Waals surface area contributed by atoms with Gasteiger partial charge in [0.1, 0.15) is 18.2 Å².